The molecule has 6 heteroatoms. The van der Waals surface area contributed by atoms with Crippen LogP contribution in [0.5, 0.6) is 0 Å². The van der Waals surface area contributed by atoms with E-state index in [2.05, 4.69) is 44.1 Å². The molecule has 1 rings (SSSR count). The van der Waals surface area contributed by atoms with Crippen molar-refractivity contribution in [3.05, 3.63) is 26.6 Å². The molecule has 0 fully saturated rings. The van der Waals surface area contributed by atoms with Crippen molar-refractivity contribution in [3.63, 3.8) is 0 Å². The van der Waals surface area contributed by atoms with E-state index in [0.717, 1.165) is 26.6 Å². The minimum atomic E-state index is -0.000811. The summed E-state index contributed by atoms with van der Waals surface area (Å²) in [5.74, 6) is 0.438. The van der Waals surface area contributed by atoms with Crippen molar-refractivity contribution >= 4 is 55.2 Å². The van der Waals surface area contributed by atoms with Crippen LogP contribution in [0.2, 0.25) is 0 Å². The first-order chi connectivity index (χ1) is 8.93. The lowest BCUT2D eigenvalue weighted by Gasteiger charge is -2.12. The number of carbonyl (C=O) groups is 1. The third-order valence-electron chi connectivity index (χ3n) is 2.52. The molecule has 0 saturated carbocycles. The molecule has 1 unspecified atom stereocenters. The lowest BCUT2D eigenvalue weighted by atomic mass is 10.2. The van der Waals surface area contributed by atoms with Gasteiger partial charge in [-0.25, -0.2) is 0 Å². The van der Waals surface area contributed by atoms with Gasteiger partial charge in [-0.2, -0.15) is 0 Å². The Bertz CT molecular complexity index is 431. The lowest BCUT2D eigenvalue weighted by Crippen LogP contribution is -2.17. The summed E-state index contributed by atoms with van der Waals surface area (Å²) in [5, 5.41) is 3.32. The zero-order chi connectivity index (χ0) is 14.4. The van der Waals surface area contributed by atoms with Gasteiger partial charge in [-0.05, 0) is 69.4 Å². The second-order valence-electron chi connectivity index (χ2n) is 4.35. The van der Waals surface area contributed by atoms with Gasteiger partial charge >= 0.3 is 0 Å². The van der Waals surface area contributed by atoms with Gasteiger partial charge in [-0.15, -0.1) is 11.8 Å². The number of halogens is 2. The molecule has 19 heavy (non-hydrogen) atoms. The van der Waals surface area contributed by atoms with Crippen LogP contribution in [-0.2, 0) is 4.79 Å². The molecule has 3 N–H and O–H groups in total. The Morgan fingerprint density at radius 3 is 2.53 bits per heavy atom. The Hall–Kier alpha value is -0.0400. The first kappa shape index (κ1) is 17.0. The molecule has 106 valence electrons. The van der Waals surface area contributed by atoms with Crippen LogP contribution >= 0.6 is 43.6 Å². The minimum absolute atomic E-state index is 0.000811. The van der Waals surface area contributed by atoms with Crippen LogP contribution in [0.1, 0.15) is 18.9 Å². The Morgan fingerprint density at radius 1 is 1.42 bits per heavy atom. The maximum atomic E-state index is 11.9. The number of rotatable bonds is 6. The number of benzene rings is 1. The van der Waals surface area contributed by atoms with Crippen molar-refractivity contribution in [1.82, 2.24) is 0 Å². The van der Waals surface area contributed by atoms with Crippen LogP contribution in [0, 0.1) is 6.92 Å². The van der Waals surface area contributed by atoms with Gasteiger partial charge in [0, 0.05) is 14.2 Å². The van der Waals surface area contributed by atoms with Crippen LogP contribution in [0.4, 0.5) is 5.69 Å². The maximum absolute atomic E-state index is 11.9. The Labute approximate surface area is 135 Å². The van der Waals surface area contributed by atoms with Gasteiger partial charge < -0.3 is 11.1 Å². The van der Waals surface area contributed by atoms with Crippen molar-refractivity contribution < 1.29 is 4.79 Å². The van der Waals surface area contributed by atoms with E-state index in [1.54, 1.807) is 11.8 Å². The first-order valence-electron chi connectivity index (χ1n) is 6.01. The summed E-state index contributed by atoms with van der Waals surface area (Å²) in [4.78, 5) is 11.9. The number of amides is 1. The van der Waals surface area contributed by atoms with Crippen LogP contribution < -0.4 is 11.1 Å². The highest BCUT2D eigenvalue weighted by molar-refractivity contribution is 9.11. The Morgan fingerprint density at radius 2 is 2.00 bits per heavy atom. The topological polar surface area (TPSA) is 55.1 Å². The van der Waals surface area contributed by atoms with E-state index in [1.165, 1.54) is 0 Å². The van der Waals surface area contributed by atoms with E-state index in [-0.39, 0.29) is 5.91 Å². The van der Waals surface area contributed by atoms with Crippen LogP contribution in [0.3, 0.4) is 0 Å². The Balaban J connectivity index is 2.58. The molecule has 0 aromatic heterocycles. The zero-order valence-corrected chi connectivity index (χ0v) is 15.0. The van der Waals surface area contributed by atoms with Gasteiger partial charge in [0.1, 0.15) is 0 Å². The summed E-state index contributed by atoms with van der Waals surface area (Å²) < 4.78 is 1.76. The average molecular weight is 410 g/mol. The number of nitrogens with two attached hydrogens (primary N) is 1. The molecule has 0 bridgehead atoms. The summed E-state index contributed by atoms with van der Waals surface area (Å²) in [6.07, 6.45) is 0.926. The predicted molar refractivity (Wildman–Crippen MR) is 90.8 cm³/mol. The fraction of sp³-hybridized carbons (Fsp3) is 0.462. The van der Waals surface area contributed by atoms with Gasteiger partial charge in [0.25, 0.3) is 0 Å². The van der Waals surface area contributed by atoms with Crippen molar-refractivity contribution in [3.8, 4) is 0 Å². The van der Waals surface area contributed by atoms with Gasteiger partial charge in [0.05, 0.1) is 11.4 Å². The molecule has 1 amide bonds. The minimum Gasteiger partial charge on any atom is -0.330 e. The van der Waals surface area contributed by atoms with E-state index < -0.39 is 0 Å². The van der Waals surface area contributed by atoms with Crippen molar-refractivity contribution in [2.24, 2.45) is 5.73 Å². The van der Waals surface area contributed by atoms with Crippen molar-refractivity contribution in [2.45, 2.75) is 25.5 Å². The van der Waals surface area contributed by atoms with Gasteiger partial charge in [0.15, 0.2) is 0 Å². The molecular formula is C13H18Br2N2OS. The average Bonchev–Trinajstić information content (AvgIpc) is 2.31. The third kappa shape index (κ3) is 5.85. The smallest absolute Gasteiger partial charge is 0.234 e. The maximum Gasteiger partial charge on any atom is 0.234 e. The molecule has 0 heterocycles. The fourth-order valence-electron chi connectivity index (χ4n) is 1.53. The summed E-state index contributed by atoms with van der Waals surface area (Å²) in [6, 6.07) is 3.95. The highest BCUT2D eigenvalue weighted by Crippen LogP contribution is 2.32. The van der Waals surface area contributed by atoms with E-state index >= 15 is 0 Å². The number of nitrogens with one attached hydrogen (secondary N) is 1. The molecule has 0 aliphatic heterocycles. The number of anilines is 1. The van der Waals surface area contributed by atoms with E-state index in [0.29, 0.717) is 17.5 Å². The monoisotopic (exact) mass is 408 g/mol. The molecular weight excluding hydrogens is 392 g/mol. The summed E-state index contributed by atoms with van der Waals surface area (Å²) in [6.45, 7) is 4.75. The fourth-order valence-corrected chi connectivity index (χ4v) is 3.96. The number of thioether (sulfide) groups is 1. The summed E-state index contributed by atoms with van der Waals surface area (Å²) in [7, 11) is 0. The largest absolute Gasteiger partial charge is 0.330 e. The molecule has 0 saturated heterocycles. The molecule has 0 aliphatic rings. The molecule has 1 aromatic rings. The van der Waals surface area contributed by atoms with Gasteiger partial charge in [0.2, 0.25) is 5.91 Å². The predicted octanol–water partition coefficient (Wildman–Crippen LogP) is 3.93. The second kappa shape index (κ2) is 8.29. The highest BCUT2D eigenvalue weighted by Gasteiger charge is 2.11. The van der Waals surface area contributed by atoms with Gasteiger partial charge in [-0.3, -0.25) is 4.79 Å². The molecule has 0 aliphatic carbocycles. The van der Waals surface area contributed by atoms with Crippen molar-refractivity contribution in [1.29, 1.82) is 0 Å². The molecule has 1 aromatic carbocycles. The molecule has 3 nitrogen and oxygen atoms in total. The van der Waals surface area contributed by atoms with Crippen LogP contribution in [-0.4, -0.2) is 23.5 Å². The van der Waals surface area contributed by atoms with Crippen LogP contribution in [0.15, 0.2) is 21.1 Å². The van der Waals surface area contributed by atoms with Crippen molar-refractivity contribution in [2.75, 3.05) is 17.6 Å². The number of aryl methyl sites for hydroxylation is 1. The van der Waals surface area contributed by atoms with E-state index in [1.807, 2.05) is 19.1 Å². The lowest BCUT2D eigenvalue weighted by molar-refractivity contribution is -0.113. The zero-order valence-electron chi connectivity index (χ0n) is 11.0. The number of carbonyl (C=O) groups excluding carboxylic acids is 1. The number of hydrogen-bond acceptors (Lipinski definition) is 3. The third-order valence-corrected chi connectivity index (χ3v) is 5.01. The Kier molecular flexibility index (Phi) is 7.42. The summed E-state index contributed by atoms with van der Waals surface area (Å²) >= 11 is 8.55. The van der Waals surface area contributed by atoms with E-state index in [9.17, 15) is 4.79 Å². The normalized spacial score (nSPS) is 12.3. The first-order valence-corrected chi connectivity index (χ1v) is 8.64. The second-order valence-corrected chi connectivity index (χ2v) is 7.49. The highest BCUT2D eigenvalue weighted by atomic mass is 79.9. The van der Waals surface area contributed by atoms with E-state index in [4.69, 9.17) is 5.73 Å². The number of hydrogen-bond donors (Lipinski definition) is 2. The quantitative estimate of drug-likeness (QED) is 0.748. The van der Waals surface area contributed by atoms with Crippen LogP contribution in [0.25, 0.3) is 0 Å². The SMILES string of the molecule is Cc1cc(Br)c(NC(=O)CSC(C)CCN)c(Br)c1. The molecule has 0 radical (unpaired) electrons. The summed E-state index contributed by atoms with van der Waals surface area (Å²) in [5.41, 5.74) is 7.39. The molecule has 1 atom stereocenters. The standard InChI is InChI=1S/C13H18Br2N2OS/c1-8-5-10(14)13(11(15)6-8)17-12(18)7-19-9(2)3-4-16/h5-6,9H,3-4,7,16H2,1-2H3,(H,17,18). The van der Waals surface area contributed by atoms with Gasteiger partial charge in [-0.1, -0.05) is 6.92 Å². The molecule has 0 spiro atoms.